The average Bonchev–Trinajstić information content (AvgIpc) is 2.81. The summed E-state index contributed by atoms with van der Waals surface area (Å²) in [5.74, 6) is -1.49. The Labute approximate surface area is 196 Å². The molecular formula is C24H23FN2O6S. The summed E-state index contributed by atoms with van der Waals surface area (Å²) in [5, 5.41) is 2.63. The first-order valence-corrected chi connectivity index (χ1v) is 11.6. The van der Waals surface area contributed by atoms with E-state index in [1.54, 1.807) is 24.3 Å². The Bertz CT molecular complexity index is 1310. The van der Waals surface area contributed by atoms with Crippen LogP contribution in [-0.4, -0.2) is 33.5 Å². The summed E-state index contributed by atoms with van der Waals surface area (Å²) in [7, 11) is -2.56. The normalized spacial score (nSPS) is 11.9. The number of esters is 1. The van der Waals surface area contributed by atoms with Crippen molar-refractivity contribution < 1.29 is 31.9 Å². The number of carbonyl (C=O) groups excluding carboxylic acids is 2. The summed E-state index contributed by atoms with van der Waals surface area (Å²) in [6.07, 6.45) is -1.11. The van der Waals surface area contributed by atoms with Crippen LogP contribution in [0, 0.1) is 12.7 Å². The van der Waals surface area contributed by atoms with Gasteiger partial charge in [0.25, 0.3) is 15.9 Å². The highest BCUT2D eigenvalue weighted by Crippen LogP contribution is 2.24. The van der Waals surface area contributed by atoms with Crippen LogP contribution in [0.1, 0.15) is 22.8 Å². The Kier molecular flexibility index (Phi) is 7.52. The van der Waals surface area contributed by atoms with Crippen molar-refractivity contribution in [1.29, 1.82) is 0 Å². The molecule has 0 aliphatic carbocycles. The standard InChI is InChI=1S/C24H23FN2O6S/c1-15-19(25)7-6-10-22(15)34(30,31)27-18-13-11-17(12-14-18)24(29)33-16(2)23(28)26-20-8-4-5-9-21(20)32-3/h4-14,16,27H,1-3H3,(H,26,28). The molecule has 0 saturated carbocycles. The number of amides is 1. The molecule has 0 fully saturated rings. The molecule has 0 aliphatic heterocycles. The van der Waals surface area contributed by atoms with Crippen molar-refractivity contribution in [2.75, 3.05) is 17.1 Å². The number of rotatable bonds is 8. The first-order valence-electron chi connectivity index (χ1n) is 10.1. The maximum absolute atomic E-state index is 13.7. The number of hydrogen-bond acceptors (Lipinski definition) is 6. The van der Waals surface area contributed by atoms with Gasteiger partial charge >= 0.3 is 5.97 Å². The van der Waals surface area contributed by atoms with Gasteiger partial charge in [-0.2, -0.15) is 0 Å². The number of nitrogens with one attached hydrogen (secondary N) is 2. The molecule has 178 valence electrons. The van der Waals surface area contributed by atoms with Gasteiger partial charge in [0.2, 0.25) is 0 Å². The molecule has 3 aromatic carbocycles. The minimum Gasteiger partial charge on any atom is -0.495 e. The van der Waals surface area contributed by atoms with E-state index in [4.69, 9.17) is 9.47 Å². The molecule has 0 aromatic heterocycles. The fraction of sp³-hybridized carbons (Fsp3) is 0.167. The van der Waals surface area contributed by atoms with Crippen LogP contribution in [0.4, 0.5) is 15.8 Å². The van der Waals surface area contributed by atoms with E-state index in [2.05, 4.69) is 10.0 Å². The average molecular weight is 487 g/mol. The number of halogens is 1. The molecule has 1 unspecified atom stereocenters. The fourth-order valence-corrected chi connectivity index (χ4v) is 4.34. The van der Waals surface area contributed by atoms with Crippen molar-refractivity contribution in [2.45, 2.75) is 24.8 Å². The second-order valence-electron chi connectivity index (χ2n) is 7.28. The summed E-state index contributed by atoms with van der Waals surface area (Å²) < 4.78 is 51.6. The number of carbonyl (C=O) groups is 2. The summed E-state index contributed by atoms with van der Waals surface area (Å²) in [6, 6.07) is 16.0. The molecule has 3 rings (SSSR count). The molecule has 0 bridgehead atoms. The van der Waals surface area contributed by atoms with Crippen LogP contribution >= 0.6 is 0 Å². The van der Waals surface area contributed by atoms with Crippen molar-refractivity contribution >= 4 is 33.3 Å². The Morgan fingerprint density at radius 3 is 2.32 bits per heavy atom. The van der Waals surface area contributed by atoms with Gasteiger partial charge < -0.3 is 14.8 Å². The Hall–Kier alpha value is -3.92. The Morgan fingerprint density at radius 2 is 1.65 bits per heavy atom. The highest BCUT2D eigenvalue weighted by atomic mass is 32.2. The van der Waals surface area contributed by atoms with E-state index in [0.29, 0.717) is 11.4 Å². The first-order chi connectivity index (χ1) is 16.1. The molecule has 0 heterocycles. The molecule has 1 atom stereocenters. The minimum atomic E-state index is -4.03. The molecule has 0 spiro atoms. The highest BCUT2D eigenvalue weighted by Gasteiger charge is 2.21. The number of ether oxygens (including phenoxy) is 2. The molecule has 1 amide bonds. The zero-order chi connectivity index (χ0) is 24.9. The lowest BCUT2D eigenvalue weighted by Crippen LogP contribution is -2.30. The molecule has 8 nitrogen and oxygen atoms in total. The maximum Gasteiger partial charge on any atom is 0.338 e. The quantitative estimate of drug-likeness (QED) is 0.463. The van der Waals surface area contributed by atoms with Crippen LogP contribution in [0.2, 0.25) is 0 Å². The Morgan fingerprint density at radius 1 is 0.971 bits per heavy atom. The van der Waals surface area contributed by atoms with Crippen LogP contribution < -0.4 is 14.8 Å². The van der Waals surface area contributed by atoms with Crippen LogP contribution in [0.3, 0.4) is 0 Å². The molecule has 0 saturated heterocycles. The predicted octanol–water partition coefficient (Wildman–Crippen LogP) is 4.13. The lowest BCUT2D eigenvalue weighted by atomic mass is 10.2. The number of benzene rings is 3. The van der Waals surface area contributed by atoms with Gasteiger partial charge in [-0.3, -0.25) is 9.52 Å². The number of para-hydroxylation sites is 2. The second-order valence-corrected chi connectivity index (χ2v) is 8.93. The largest absolute Gasteiger partial charge is 0.495 e. The fourth-order valence-electron chi connectivity index (χ4n) is 3.03. The van der Waals surface area contributed by atoms with E-state index in [1.165, 1.54) is 63.4 Å². The Balaban J connectivity index is 1.64. The molecule has 34 heavy (non-hydrogen) atoms. The third kappa shape index (κ3) is 5.70. The van der Waals surface area contributed by atoms with Crippen molar-refractivity contribution in [3.63, 3.8) is 0 Å². The number of methoxy groups -OCH3 is 1. The van der Waals surface area contributed by atoms with Crippen molar-refractivity contribution in [3.05, 3.63) is 83.7 Å². The maximum atomic E-state index is 13.7. The summed E-state index contributed by atoms with van der Waals surface area (Å²) in [4.78, 5) is 24.6. The van der Waals surface area contributed by atoms with Crippen molar-refractivity contribution in [1.82, 2.24) is 0 Å². The smallest absolute Gasteiger partial charge is 0.338 e. The topological polar surface area (TPSA) is 111 Å². The monoisotopic (exact) mass is 486 g/mol. The predicted molar refractivity (Wildman–Crippen MR) is 125 cm³/mol. The molecule has 0 radical (unpaired) electrons. The molecular weight excluding hydrogens is 463 g/mol. The van der Waals surface area contributed by atoms with Gasteiger partial charge in [-0.25, -0.2) is 17.6 Å². The molecule has 0 aliphatic rings. The zero-order valence-electron chi connectivity index (χ0n) is 18.7. The molecule has 2 N–H and O–H groups in total. The molecule has 3 aromatic rings. The third-order valence-corrected chi connectivity index (χ3v) is 6.42. The first kappa shape index (κ1) is 24.7. The lowest BCUT2D eigenvalue weighted by molar-refractivity contribution is -0.123. The van der Waals surface area contributed by atoms with E-state index in [-0.39, 0.29) is 21.7 Å². The van der Waals surface area contributed by atoms with E-state index >= 15 is 0 Å². The number of anilines is 2. The van der Waals surface area contributed by atoms with Crippen LogP contribution in [0.25, 0.3) is 0 Å². The van der Waals surface area contributed by atoms with Gasteiger partial charge in [0.05, 0.1) is 23.3 Å². The SMILES string of the molecule is COc1ccccc1NC(=O)C(C)OC(=O)c1ccc(NS(=O)(=O)c2cccc(F)c2C)cc1. The van der Waals surface area contributed by atoms with Gasteiger partial charge in [-0.1, -0.05) is 18.2 Å². The minimum absolute atomic E-state index is 0.00409. The van der Waals surface area contributed by atoms with Gasteiger partial charge in [-0.15, -0.1) is 0 Å². The van der Waals surface area contributed by atoms with E-state index < -0.39 is 33.8 Å². The van der Waals surface area contributed by atoms with Crippen LogP contribution in [-0.2, 0) is 19.6 Å². The highest BCUT2D eigenvalue weighted by molar-refractivity contribution is 7.92. The summed E-state index contributed by atoms with van der Waals surface area (Å²) >= 11 is 0. The summed E-state index contributed by atoms with van der Waals surface area (Å²) in [6.45, 7) is 2.79. The van der Waals surface area contributed by atoms with Gasteiger partial charge in [0.1, 0.15) is 11.6 Å². The third-order valence-electron chi connectivity index (χ3n) is 4.90. The van der Waals surface area contributed by atoms with Crippen LogP contribution in [0.5, 0.6) is 5.75 Å². The number of sulfonamides is 1. The van der Waals surface area contributed by atoms with Gasteiger partial charge in [-0.05, 0) is 62.4 Å². The van der Waals surface area contributed by atoms with E-state index in [1.807, 2.05) is 0 Å². The van der Waals surface area contributed by atoms with Gasteiger partial charge in [0.15, 0.2) is 6.10 Å². The van der Waals surface area contributed by atoms with Gasteiger partial charge in [0, 0.05) is 11.3 Å². The van der Waals surface area contributed by atoms with Crippen molar-refractivity contribution in [2.24, 2.45) is 0 Å². The molecule has 10 heteroatoms. The van der Waals surface area contributed by atoms with E-state index in [0.717, 1.165) is 0 Å². The second kappa shape index (κ2) is 10.3. The summed E-state index contributed by atoms with van der Waals surface area (Å²) in [5.41, 5.74) is 0.711. The zero-order valence-corrected chi connectivity index (χ0v) is 19.5. The lowest BCUT2D eigenvalue weighted by Gasteiger charge is -2.15. The number of hydrogen-bond donors (Lipinski definition) is 2. The van der Waals surface area contributed by atoms with E-state index in [9.17, 15) is 22.4 Å². The van der Waals surface area contributed by atoms with Crippen molar-refractivity contribution in [3.8, 4) is 5.75 Å². The van der Waals surface area contributed by atoms with Crippen LogP contribution in [0.15, 0.2) is 71.6 Å².